The van der Waals surface area contributed by atoms with E-state index in [0.717, 1.165) is 22.4 Å². The van der Waals surface area contributed by atoms with Crippen LogP contribution < -0.4 is 15.4 Å². The van der Waals surface area contributed by atoms with E-state index in [9.17, 15) is 14.0 Å². The van der Waals surface area contributed by atoms with E-state index >= 15 is 0 Å². The topological polar surface area (TPSA) is 85.5 Å². The molecule has 0 aliphatic carbocycles. The molecule has 0 fully saturated rings. The summed E-state index contributed by atoms with van der Waals surface area (Å²) in [4.78, 5) is 30.5. The fourth-order valence-corrected chi connectivity index (χ4v) is 3.85. The van der Waals surface area contributed by atoms with Crippen LogP contribution in [0.4, 0.5) is 10.1 Å². The zero-order valence-corrected chi connectivity index (χ0v) is 19.1. The van der Waals surface area contributed by atoms with Crippen LogP contribution in [-0.2, 0) is 11.2 Å². The van der Waals surface area contributed by atoms with Gasteiger partial charge in [0.1, 0.15) is 17.3 Å². The summed E-state index contributed by atoms with van der Waals surface area (Å²) in [5.41, 5.74) is 9.69. The van der Waals surface area contributed by atoms with Gasteiger partial charge in [-0.15, -0.1) is 0 Å². The van der Waals surface area contributed by atoms with Gasteiger partial charge in [0, 0.05) is 29.9 Å². The molecule has 2 N–H and O–H groups in total. The van der Waals surface area contributed by atoms with Crippen LogP contribution >= 0.6 is 0 Å². The highest BCUT2D eigenvalue weighted by molar-refractivity contribution is 6.00. The van der Waals surface area contributed by atoms with E-state index in [1.807, 2.05) is 26.0 Å². The van der Waals surface area contributed by atoms with Crippen molar-refractivity contribution < 1.29 is 18.7 Å². The number of aromatic nitrogens is 1. The number of pyridine rings is 1. The van der Waals surface area contributed by atoms with Crippen LogP contribution in [0, 0.1) is 19.7 Å². The van der Waals surface area contributed by atoms with Crippen molar-refractivity contribution in [3.63, 3.8) is 0 Å². The number of rotatable bonds is 6. The van der Waals surface area contributed by atoms with Crippen LogP contribution in [-0.4, -0.2) is 23.8 Å². The van der Waals surface area contributed by atoms with Crippen molar-refractivity contribution in [3.05, 3.63) is 94.9 Å². The highest BCUT2D eigenvalue weighted by Crippen LogP contribution is 2.33. The lowest BCUT2D eigenvalue weighted by molar-refractivity contribution is -0.117. The van der Waals surface area contributed by atoms with Gasteiger partial charge in [-0.05, 0) is 79.1 Å². The van der Waals surface area contributed by atoms with Crippen LogP contribution in [0.3, 0.4) is 0 Å². The molecule has 4 aromatic rings. The van der Waals surface area contributed by atoms with Crippen molar-refractivity contribution in [1.82, 2.24) is 4.98 Å². The lowest BCUT2D eigenvalue weighted by atomic mass is 10.0. The summed E-state index contributed by atoms with van der Waals surface area (Å²) in [6, 6.07) is 16.6. The van der Waals surface area contributed by atoms with E-state index in [4.69, 9.17) is 10.5 Å². The fraction of sp³-hybridized carbons (Fsp3) is 0.148. The van der Waals surface area contributed by atoms with Gasteiger partial charge in [0.15, 0.2) is 0 Å². The Kier molecular flexibility index (Phi) is 6.27. The number of benzene rings is 3. The molecule has 34 heavy (non-hydrogen) atoms. The minimum atomic E-state index is -0.511. The minimum absolute atomic E-state index is 0.113. The summed E-state index contributed by atoms with van der Waals surface area (Å²) >= 11 is 0. The third-order valence-electron chi connectivity index (χ3n) is 5.71. The zero-order chi connectivity index (χ0) is 24.4. The van der Waals surface area contributed by atoms with E-state index in [1.54, 1.807) is 54.5 Å². The van der Waals surface area contributed by atoms with Crippen molar-refractivity contribution >= 4 is 28.4 Å². The number of carbonyl (C=O) groups excluding carboxylic acids is 2. The molecule has 0 atom stereocenters. The van der Waals surface area contributed by atoms with Crippen LogP contribution in [0.1, 0.15) is 27.0 Å². The Balaban J connectivity index is 1.57. The minimum Gasteiger partial charge on any atom is -0.457 e. The second kappa shape index (κ2) is 9.31. The van der Waals surface area contributed by atoms with Crippen LogP contribution in [0.2, 0.25) is 0 Å². The van der Waals surface area contributed by atoms with Gasteiger partial charge in [0.25, 0.3) is 0 Å². The first-order chi connectivity index (χ1) is 16.2. The molecule has 0 bridgehead atoms. The Morgan fingerprint density at radius 2 is 1.74 bits per heavy atom. The Morgan fingerprint density at radius 1 is 1.00 bits per heavy atom. The largest absolute Gasteiger partial charge is 0.457 e. The number of hydrogen-bond acceptors (Lipinski definition) is 4. The summed E-state index contributed by atoms with van der Waals surface area (Å²) in [7, 11) is 1.71. The third kappa shape index (κ3) is 4.73. The summed E-state index contributed by atoms with van der Waals surface area (Å²) in [6.45, 7) is 3.70. The number of halogens is 1. The first-order valence-electron chi connectivity index (χ1n) is 10.7. The van der Waals surface area contributed by atoms with Gasteiger partial charge in [-0.3, -0.25) is 14.6 Å². The standard InChI is InChI=1S/C27H24FN3O3/c1-16-13-23-22(15-21(16)27(29)33)25(10-11-30-23)34-20-8-9-24(17(2)12-20)31(3)26(32)14-18-4-6-19(28)7-5-18/h4-13,15H,14H2,1-3H3,(H2,29,33). The molecule has 3 aromatic carbocycles. The molecule has 0 aliphatic rings. The smallest absolute Gasteiger partial charge is 0.248 e. The highest BCUT2D eigenvalue weighted by Gasteiger charge is 2.16. The molecule has 4 rings (SSSR count). The van der Waals surface area contributed by atoms with Crippen molar-refractivity contribution in [2.45, 2.75) is 20.3 Å². The molecule has 0 saturated heterocycles. The van der Waals surface area contributed by atoms with Gasteiger partial charge in [-0.1, -0.05) is 12.1 Å². The Labute approximate surface area is 196 Å². The number of ether oxygens (including phenoxy) is 1. The van der Waals surface area contributed by atoms with Gasteiger partial charge in [0.05, 0.1) is 11.9 Å². The van der Waals surface area contributed by atoms with E-state index in [1.165, 1.54) is 12.1 Å². The molecule has 7 heteroatoms. The Bertz CT molecular complexity index is 1400. The molecule has 6 nitrogen and oxygen atoms in total. The Morgan fingerprint density at radius 3 is 2.41 bits per heavy atom. The predicted molar refractivity (Wildman–Crippen MR) is 130 cm³/mol. The number of amides is 2. The molecule has 172 valence electrons. The number of hydrogen-bond donors (Lipinski definition) is 1. The van der Waals surface area contributed by atoms with Gasteiger partial charge >= 0.3 is 0 Å². The average molecular weight is 458 g/mol. The Hall–Kier alpha value is -4.26. The first kappa shape index (κ1) is 22.9. The van der Waals surface area contributed by atoms with E-state index < -0.39 is 5.91 Å². The molecule has 1 aromatic heterocycles. The number of aryl methyl sites for hydroxylation is 2. The van der Waals surface area contributed by atoms with E-state index in [2.05, 4.69) is 4.98 Å². The van der Waals surface area contributed by atoms with Crippen molar-refractivity contribution in [1.29, 1.82) is 0 Å². The van der Waals surface area contributed by atoms with E-state index in [0.29, 0.717) is 28.0 Å². The number of fused-ring (bicyclic) bond motifs is 1. The summed E-state index contributed by atoms with van der Waals surface area (Å²) in [5.74, 6) is 0.161. The number of nitrogens with zero attached hydrogens (tertiary/aromatic N) is 2. The molecule has 0 spiro atoms. The lowest BCUT2D eigenvalue weighted by Gasteiger charge is -2.20. The summed E-state index contributed by atoms with van der Waals surface area (Å²) < 4.78 is 19.2. The van der Waals surface area contributed by atoms with Crippen molar-refractivity contribution in [2.24, 2.45) is 5.73 Å². The number of primary amides is 1. The zero-order valence-electron chi connectivity index (χ0n) is 19.1. The molecule has 0 radical (unpaired) electrons. The fourth-order valence-electron chi connectivity index (χ4n) is 3.85. The predicted octanol–water partition coefficient (Wildman–Crippen LogP) is 5.09. The van der Waals surface area contributed by atoms with E-state index in [-0.39, 0.29) is 18.1 Å². The third-order valence-corrected chi connectivity index (χ3v) is 5.71. The maximum atomic E-state index is 13.1. The number of likely N-dealkylation sites (N-methyl/N-ethyl adjacent to an activating group) is 1. The second-order valence-corrected chi connectivity index (χ2v) is 8.16. The number of anilines is 1. The molecule has 0 aliphatic heterocycles. The molecule has 0 unspecified atom stereocenters. The highest BCUT2D eigenvalue weighted by atomic mass is 19.1. The number of nitrogens with two attached hydrogens (primary N) is 1. The lowest BCUT2D eigenvalue weighted by Crippen LogP contribution is -2.28. The summed E-state index contributed by atoms with van der Waals surface area (Å²) in [6.07, 6.45) is 1.81. The SMILES string of the molecule is Cc1cc2nccc(Oc3ccc(N(C)C(=O)Cc4ccc(F)cc4)c(C)c3)c2cc1C(N)=O. The van der Waals surface area contributed by atoms with Crippen LogP contribution in [0.5, 0.6) is 11.5 Å². The maximum Gasteiger partial charge on any atom is 0.248 e. The molecular formula is C27H24FN3O3. The average Bonchev–Trinajstić information content (AvgIpc) is 2.80. The molecule has 2 amide bonds. The number of carbonyl (C=O) groups is 2. The van der Waals surface area contributed by atoms with Gasteiger partial charge in [-0.2, -0.15) is 0 Å². The van der Waals surface area contributed by atoms with Crippen LogP contribution in [0.15, 0.2) is 66.9 Å². The normalized spacial score (nSPS) is 10.8. The van der Waals surface area contributed by atoms with Crippen LogP contribution in [0.25, 0.3) is 10.9 Å². The van der Waals surface area contributed by atoms with Crippen molar-refractivity contribution in [3.8, 4) is 11.5 Å². The van der Waals surface area contributed by atoms with Gasteiger partial charge in [0.2, 0.25) is 11.8 Å². The van der Waals surface area contributed by atoms with Crippen molar-refractivity contribution in [2.75, 3.05) is 11.9 Å². The maximum absolute atomic E-state index is 13.1. The van der Waals surface area contributed by atoms with Gasteiger partial charge in [-0.25, -0.2) is 4.39 Å². The molecule has 0 saturated carbocycles. The molecule has 1 heterocycles. The summed E-state index contributed by atoms with van der Waals surface area (Å²) in [5, 5.41) is 0.676. The second-order valence-electron chi connectivity index (χ2n) is 8.16. The molecular weight excluding hydrogens is 433 g/mol. The van der Waals surface area contributed by atoms with Gasteiger partial charge < -0.3 is 15.4 Å². The quantitative estimate of drug-likeness (QED) is 0.437. The first-order valence-corrected chi connectivity index (χ1v) is 10.7. The monoisotopic (exact) mass is 457 g/mol.